The minimum atomic E-state index is -0.702. The van der Waals surface area contributed by atoms with Gasteiger partial charge in [-0.05, 0) is 30.5 Å². The molecule has 0 bridgehead atoms. The SMILES string of the molecule is COCCCN(C(=O)/C=C/c1nc2ccccc2s1)c1c(N)n(CC(C)C)c(=O)[nH]c1=O. The van der Waals surface area contributed by atoms with Gasteiger partial charge in [0.05, 0.1) is 10.2 Å². The smallest absolute Gasteiger partial charge is 0.330 e. The number of carbonyl (C=O) groups is 1. The van der Waals surface area contributed by atoms with Crippen LogP contribution >= 0.6 is 11.3 Å². The normalized spacial score (nSPS) is 11.6. The van der Waals surface area contributed by atoms with Crippen molar-refractivity contribution >= 4 is 45.0 Å². The van der Waals surface area contributed by atoms with Gasteiger partial charge < -0.3 is 15.4 Å². The zero-order valence-corrected chi connectivity index (χ0v) is 19.1. The number of amides is 1. The number of thiazole rings is 1. The van der Waals surface area contributed by atoms with Gasteiger partial charge in [-0.25, -0.2) is 9.78 Å². The Morgan fingerprint density at radius 2 is 2.09 bits per heavy atom. The fraction of sp³-hybridized carbons (Fsp3) is 0.364. The van der Waals surface area contributed by atoms with Crippen molar-refractivity contribution in [2.24, 2.45) is 5.92 Å². The summed E-state index contributed by atoms with van der Waals surface area (Å²) in [6.45, 7) is 4.77. The van der Waals surface area contributed by atoms with E-state index >= 15 is 0 Å². The first-order valence-corrected chi connectivity index (χ1v) is 11.1. The number of aromatic amines is 1. The van der Waals surface area contributed by atoms with Gasteiger partial charge in [-0.1, -0.05) is 26.0 Å². The Bertz CT molecular complexity index is 1210. The Kier molecular flexibility index (Phi) is 7.60. The van der Waals surface area contributed by atoms with Gasteiger partial charge in [-0.3, -0.25) is 19.1 Å². The van der Waals surface area contributed by atoms with Gasteiger partial charge in [0, 0.05) is 32.9 Å². The number of carbonyl (C=O) groups excluding carboxylic acids is 1. The van der Waals surface area contributed by atoms with Gasteiger partial charge in [-0.2, -0.15) is 0 Å². The number of nitrogens with two attached hydrogens (primary N) is 1. The maximum Gasteiger partial charge on any atom is 0.330 e. The molecule has 3 rings (SSSR count). The second kappa shape index (κ2) is 10.4. The van der Waals surface area contributed by atoms with Gasteiger partial charge in [0.25, 0.3) is 11.5 Å². The van der Waals surface area contributed by atoms with Crippen molar-refractivity contribution in [2.75, 3.05) is 30.9 Å². The first-order chi connectivity index (χ1) is 15.3. The summed E-state index contributed by atoms with van der Waals surface area (Å²) in [5.74, 6) is -0.357. The molecule has 0 aliphatic rings. The van der Waals surface area contributed by atoms with Crippen LogP contribution in [0.5, 0.6) is 0 Å². The molecule has 9 nitrogen and oxygen atoms in total. The number of hydrogen-bond acceptors (Lipinski definition) is 7. The van der Waals surface area contributed by atoms with Crippen LogP contribution in [0.3, 0.4) is 0 Å². The average Bonchev–Trinajstić information content (AvgIpc) is 3.17. The van der Waals surface area contributed by atoms with E-state index in [1.54, 1.807) is 13.2 Å². The summed E-state index contributed by atoms with van der Waals surface area (Å²) >= 11 is 1.46. The van der Waals surface area contributed by atoms with Crippen molar-refractivity contribution in [3.8, 4) is 0 Å². The number of nitrogens with one attached hydrogen (secondary N) is 1. The van der Waals surface area contributed by atoms with Gasteiger partial charge in [0.1, 0.15) is 10.8 Å². The number of methoxy groups -OCH3 is 1. The van der Waals surface area contributed by atoms with E-state index in [4.69, 9.17) is 10.5 Å². The van der Waals surface area contributed by atoms with Crippen LogP contribution < -0.4 is 21.9 Å². The first-order valence-electron chi connectivity index (χ1n) is 10.3. The molecule has 1 aromatic carbocycles. The highest BCUT2D eigenvalue weighted by Gasteiger charge is 2.23. The molecule has 0 unspecified atom stereocenters. The summed E-state index contributed by atoms with van der Waals surface area (Å²) in [5, 5.41) is 0.669. The summed E-state index contributed by atoms with van der Waals surface area (Å²) in [7, 11) is 1.56. The summed E-state index contributed by atoms with van der Waals surface area (Å²) < 4.78 is 7.39. The van der Waals surface area contributed by atoms with Crippen molar-refractivity contribution in [3.05, 3.63) is 56.2 Å². The molecule has 0 atom stereocenters. The molecule has 170 valence electrons. The predicted octanol–water partition coefficient (Wildman–Crippen LogP) is 2.47. The topological polar surface area (TPSA) is 123 Å². The second-order valence-electron chi connectivity index (χ2n) is 7.69. The standard InChI is InChI=1S/C22H27N5O4S/c1-14(2)13-27-20(23)19(21(29)25-22(27)30)26(11-6-12-31-3)18(28)10-9-17-24-15-7-4-5-8-16(15)32-17/h4-5,7-10,14H,6,11-13,23H2,1-3H3,(H,25,29,30)/b10-9+. The second-order valence-corrected chi connectivity index (χ2v) is 8.75. The van der Waals surface area contributed by atoms with Crippen molar-refractivity contribution < 1.29 is 9.53 Å². The molecule has 0 saturated carbocycles. The van der Waals surface area contributed by atoms with Crippen LogP contribution in [0.1, 0.15) is 25.3 Å². The Balaban J connectivity index is 1.98. The van der Waals surface area contributed by atoms with E-state index in [2.05, 4.69) is 9.97 Å². The predicted molar refractivity (Wildman–Crippen MR) is 128 cm³/mol. The van der Waals surface area contributed by atoms with Gasteiger partial charge in [0.15, 0.2) is 5.69 Å². The monoisotopic (exact) mass is 457 g/mol. The molecule has 0 aliphatic carbocycles. The lowest BCUT2D eigenvalue weighted by Gasteiger charge is -2.23. The van der Waals surface area contributed by atoms with Crippen molar-refractivity contribution in [1.82, 2.24) is 14.5 Å². The fourth-order valence-electron chi connectivity index (χ4n) is 3.28. The third kappa shape index (κ3) is 5.32. The number of nitrogens with zero attached hydrogens (tertiary/aromatic N) is 3. The number of ether oxygens (including phenoxy) is 1. The van der Waals surface area contributed by atoms with E-state index in [9.17, 15) is 14.4 Å². The lowest BCUT2D eigenvalue weighted by atomic mass is 10.2. The van der Waals surface area contributed by atoms with Crippen LogP contribution in [0, 0.1) is 5.92 Å². The van der Waals surface area contributed by atoms with Crippen LogP contribution in [-0.4, -0.2) is 40.7 Å². The molecule has 10 heteroatoms. The Labute approximate surface area is 189 Å². The van der Waals surface area contributed by atoms with Gasteiger partial charge in [0.2, 0.25) is 0 Å². The molecule has 0 spiro atoms. The zero-order chi connectivity index (χ0) is 23.3. The molecule has 2 heterocycles. The number of hydrogen-bond donors (Lipinski definition) is 2. The van der Waals surface area contributed by atoms with E-state index in [-0.39, 0.29) is 24.0 Å². The van der Waals surface area contributed by atoms with E-state index in [0.717, 1.165) is 10.2 Å². The lowest BCUT2D eigenvalue weighted by molar-refractivity contribution is -0.114. The first kappa shape index (κ1) is 23.4. The highest BCUT2D eigenvalue weighted by Crippen LogP contribution is 2.23. The van der Waals surface area contributed by atoms with Gasteiger partial charge in [-0.15, -0.1) is 11.3 Å². The fourth-order valence-corrected chi connectivity index (χ4v) is 4.15. The largest absolute Gasteiger partial charge is 0.385 e. The van der Waals surface area contributed by atoms with Crippen LogP contribution in [0.15, 0.2) is 39.9 Å². The highest BCUT2D eigenvalue weighted by atomic mass is 32.1. The van der Waals surface area contributed by atoms with E-state index in [1.807, 2.05) is 38.1 Å². The zero-order valence-electron chi connectivity index (χ0n) is 18.3. The third-order valence-electron chi connectivity index (χ3n) is 4.71. The minimum Gasteiger partial charge on any atom is -0.385 e. The molecule has 3 aromatic rings. The number of anilines is 2. The van der Waals surface area contributed by atoms with Crippen LogP contribution in [-0.2, 0) is 16.1 Å². The number of benzene rings is 1. The number of rotatable bonds is 9. The number of fused-ring (bicyclic) bond motifs is 1. The molecular formula is C22H27N5O4S. The lowest BCUT2D eigenvalue weighted by Crippen LogP contribution is -2.41. The Morgan fingerprint density at radius 1 is 1.34 bits per heavy atom. The number of H-pyrrole nitrogens is 1. The molecule has 32 heavy (non-hydrogen) atoms. The number of nitrogen functional groups attached to an aromatic ring is 1. The van der Waals surface area contributed by atoms with Crippen molar-refractivity contribution in [3.63, 3.8) is 0 Å². The molecule has 2 aromatic heterocycles. The minimum absolute atomic E-state index is 0.0356. The van der Waals surface area contributed by atoms with Gasteiger partial charge >= 0.3 is 5.69 Å². The van der Waals surface area contributed by atoms with Crippen LogP contribution in [0.25, 0.3) is 16.3 Å². The van der Waals surface area contributed by atoms with E-state index in [1.165, 1.54) is 26.9 Å². The van der Waals surface area contributed by atoms with Crippen molar-refractivity contribution in [2.45, 2.75) is 26.8 Å². The number of para-hydroxylation sites is 1. The van der Waals surface area contributed by atoms with Crippen molar-refractivity contribution in [1.29, 1.82) is 0 Å². The molecular weight excluding hydrogens is 430 g/mol. The molecule has 3 N–H and O–H groups in total. The molecule has 1 amide bonds. The molecule has 0 aliphatic heterocycles. The third-order valence-corrected chi connectivity index (χ3v) is 5.71. The maximum atomic E-state index is 13.1. The summed E-state index contributed by atoms with van der Waals surface area (Å²) in [4.78, 5) is 46.1. The molecule has 0 saturated heterocycles. The molecule has 0 fully saturated rings. The summed E-state index contributed by atoms with van der Waals surface area (Å²) in [5.41, 5.74) is 5.73. The molecule has 0 radical (unpaired) electrons. The maximum absolute atomic E-state index is 13.1. The summed E-state index contributed by atoms with van der Waals surface area (Å²) in [6, 6.07) is 7.69. The highest BCUT2D eigenvalue weighted by molar-refractivity contribution is 7.19. The average molecular weight is 458 g/mol. The van der Waals surface area contributed by atoms with Crippen LogP contribution in [0.4, 0.5) is 11.5 Å². The van der Waals surface area contributed by atoms with Crippen LogP contribution in [0.2, 0.25) is 0 Å². The van der Waals surface area contributed by atoms with E-state index in [0.29, 0.717) is 24.6 Å². The Morgan fingerprint density at radius 3 is 2.78 bits per heavy atom. The number of aromatic nitrogens is 3. The van der Waals surface area contributed by atoms with E-state index < -0.39 is 17.2 Å². The quantitative estimate of drug-likeness (QED) is 0.376. The Hall–Kier alpha value is -3.24. The summed E-state index contributed by atoms with van der Waals surface area (Å²) in [6.07, 6.45) is 3.46.